The van der Waals surface area contributed by atoms with Crippen LogP contribution < -0.4 is 10.6 Å². The molecule has 23 heteroatoms. The molecular weight excluding hydrogens is 1160 g/mol. The van der Waals surface area contributed by atoms with E-state index in [0.29, 0.717) is 19.3 Å². The molecule has 0 radical (unpaired) electrons. The van der Waals surface area contributed by atoms with Crippen molar-refractivity contribution in [3.63, 3.8) is 0 Å². The number of hydrogen-bond donors (Lipinski definition) is 14. The Hall–Kier alpha value is -2.53. The van der Waals surface area contributed by atoms with Gasteiger partial charge in [0.1, 0.15) is 67.1 Å². The van der Waals surface area contributed by atoms with E-state index < -0.39 is 148 Å². The maximum absolute atomic E-state index is 13.5. The molecule has 522 valence electrons. The number of ether oxygens (including phenoxy) is 6. The van der Waals surface area contributed by atoms with Crippen LogP contribution >= 0.6 is 0 Å². The van der Waals surface area contributed by atoms with Crippen LogP contribution in [-0.2, 0) is 42.8 Å². The van der Waals surface area contributed by atoms with Crippen molar-refractivity contribution in [3.05, 3.63) is 12.2 Å². The first-order valence-corrected chi connectivity index (χ1v) is 34.5. The Labute approximate surface area is 531 Å². The van der Waals surface area contributed by atoms with Gasteiger partial charge >= 0.3 is 5.97 Å². The van der Waals surface area contributed by atoms with E-state index >= 15 is 0 Å². The smallest absolute Gasteiger partial charge is 0.364 e. The molecule has 23 nitrogen and oxygen atoms in total. The molecule has 0 saturated carbocycles. The van der Waals surface area contributed by atoms with E-state index in [0.717, 1.165) is 84.0 Å². The fourth-order valence-corrected chi connectivity index (χ4v) is 12.2. The van der Waals surface area contributed by atoms with Crippen LogP contribution in [0, 0.1) is 0 Å². The van der Waals surface area contributed by atoms with Crippen molar-refractivity contribution in [1.29, 1.82) is 0 Å². The molecule has 18 unspecified atom stereocenters. The standard InChI is InChI=1S/C66H122N2O21/c1-4-6-8-10-12-14-16-18-20-21-22-23-24-26-28-30-32-34-36-38-40-53(76)68-47(48(73)39-37-35-33-31-29-27-25-19-17-15-13-11-9-7-5-2)45-84-63-58(80)57(79)60(52(44-71)86-63)87-64-59(81)62(56(78)51(43-70)85-64)89-66(65(82)83)41-49(74)54(67-46(3)72)61(88-66)55(77)50(75)42-69/h22-23,47-52,54-64,69-71,73-75,77-81H,4-21,24-45H2,1-3H3,(H,67,72)(H,68,76)(H,82,83)/b23-22-. The quantitative estimate of drug-likeness (QED) is 0.0249. The maximum Gasteiger partial charge on any atom is 0.364 e. The molecule has 3 aliphatic rings. The molecule has 18 atom stereocenters. The molecule has 89 heavy (non-hydrogen) atoms. The van der Waals surface area contributed by atoms with Gasteiger partial charge in [0.15, 0.2) is 12.6 Å². The van der Waals surface area contributed by atoms with Gasteiger partial charge in [-0.3, -0.25) is 9.59 Å². The number of unbranched alkanes of at least 4 members (excludes halogenated alkanes) is 30. The number of hydrogen-bond acceptors (Lipinski definition) is 20. The van der Waals surface area contributed by atoms with E-state index in [4.69, 9.17) is 28.4 Å². The Morgan fingerprint density at radius 1 is 0.573 bits per heavy atom. The molecular formula is C66H122N2O21. The lowest BCUT2D eigenvalue weighted by Crippen LogP contribution is -2.70. The SMILES string of the molecule is CCCCCCCCCCC/C=C\CCCCCCCCCC(=O)NC(COC1OC(CO)C(OC2OC(CO)C(O)C(OC3(C(=O)O)CC(O)C(NC(C)=O)C(C(O)C(O)CO)O3)C2O)C(O)C1O)C(O)CCCCCCCCCCCCCCCCC. The molecule has 0 aromatic rings. The number of aliphatic hydroxyl groups is 11. The Morgan fingerprint density at radius 3 is 1.52 bits per heavy atom. The van der Waals surface area contributed by atoms with Crippen LogP contribution in [0.2, 0.25) is 0 Å². The van der Waals surface area contributed by atoms with Gasteiger partial charge in [-0.1, -0.05) is 206 Å². The molecule has 3 saturated heterocycles. The number of aliphatic hydroxyl groups excluding tert-OH is 11. The van der Waals surface area contributed by atoms with Crippen LogP contribution in [0.25, 0.3) is 0 Å². The van der Waals surface area contributed by atoms with Gasteiger partial charge in [0.2, 0.25) is 11.8 Å². The fraction of sp³-hybridized carbons (Fsp3) is 0.924. The topological polar surface area (TPSA) is 373 Å². The Kier molecular flexibility index (Phi) is 43.0. The van der Waals surface area contributed by atoms with E-state index in [-0.39, 0.29) is 18.9 Å². The fourth-order valence-electron chi connectivity index (χ4n) is 12.2. The third-order valence-electron chi connectivity index (χ3n) is 17.7. The highest BCUT2D eigenvalue weighted by molar-refractivity contribution is 5.77. The van der Waals surface area contributed by atoms with Crippen molar-refractivity contribution in [2.75, 3.05) is 26.4 Å². The van der Waals surface area contributed by atoms with Gasteiger partial charge in [-0.05, 0) is 38.5 Å². The van der Waals surface area contributed by atoms with E-state index in [1.54, 1.807) is 0 Å². The first kappa shape index (κ1) is 80.7. The van der Waals surface area contributed by atoms with Crippen LogP contribution in [0.4, 0.5) is 0 Å². The number of carbonyl (C=O) groups is 3. The average Bonchev–Trinajstić information content (AvgIpc) is 1.09. The minimum absolute atomic E-state index is 0.220. The Morgan fingerprint density at radius 2 is 1.04 bits per heavy atom. The van der Waals surface area contributed by atoms with Gasteiger partial charge in [0.05, 0.1) is 50.7 Å². The lowest BCUT2D eigenvalue weighted by molar-refractivity contribution is -0.386. The normalized spacial score (nSPS) is 28.8. The van der Waals surface area contributed by atoms with Gasteiger partial charge in [-0.2, -0.15) is 0 Å². The molecule has 3 rings (SSSR count). The number of aliphatic carboxylic acids is 1. The summed E-state index contributed by atoms with van der Waals surface area (Å²) in [6.07, 6.45) is 15.0. The maximum atomic E-state index is 13.5. The first-order chi connectivity index (χ1) is 42.9. The first-order valence-electron chi connectivity index (χ1n) is 34.5. The number of carbonyl (C=O) groups excluding carboxylic acids is 2. The van der Waals surface area contributed by atoms with E-state index in [2.05, 4.69) is 36.6 Å². The summed E-state index contributed by atoms with van der Waals surface area (Å²) < 4.78 is 34.8. The minimum atomic E-state index is -3.08. The number of carboxylic acids is 1. The van der Waals surface area contributed by atoms with E-state index in [1.165, 1.54) is 122 Å². The summed E-state index contributed by atoms with van der Waals surface area (Å²) in [4.78, 5) is 38.5. The summed E-state index contributed by atoms with van der Waals surface area (Å²) in [5, 5.41) is 136. The van der Waals surface area contributed by atoms with Crippen LogP contribution in [0.5, 0.6) is 0 Å². The van der Waals surface area contributed by atoms with Crippen LogP contribution in [0.3, 0.4) is 0 Å². The molecule has 3 aliphatic heterocycles. The summed E-state index contributed by atoms with van der Waals surface area (Å²) in [5.74, 6) is -6.10. The average molecular weight is 1280 g/mol. The highest BCUT2D eigenvalue weighted by Crippen LogP contribution is 2.39. The van der Waals surface area contributed by atoms with Crippen LogP contribution in [0.1, 0.15) is 252 Å². The second-order valence-corrected chi connectivity index (χ2v) is 25.4. The van der Waals surface area contributed by atoms with Gasteiger partial charge < -0.3 is 100 Å². The van der Waals surface area contributed by atoms with E-state index in [9.17, 15) is 75.7 Å². The lowest BCUT2D eigenvalue weighted by Gasteiger charge is -2.50. The lowest BCUT2D eigenvalue weighted by atomic mass is 9.88. The van der Waals surface area contributed by atoms with E-state index in [1.807, 2.05) is 0 Å². The number of nitrogens with one attached hydrogen (secondary N) is 2. The molecule has 14 N–H and O–H groups in total. The van der Waals surface area contributed by atoms with Gasteiger partial charge in [0, 0.05) is 19.8 Å². The second kappa shape index (κ2) is 47.4. The third-order valence-corrected chi connectivity index (χ3v) is 17.7. The van der Waals surface area contributed by atoms with Crippen LogP contribution in [0.15, 0.2) is 12.2 Å². The predicted molar refractivity (Wildman–Crippen MR) is 334 cm³/mol. The second-order valence-electron chi connectivity index (χ2n) is 25.4. The predicted octanol–water partition coefficient (Wildman–Crippen LogP) is 5.90. The monoisotopic (exact) mass is 1280 g/mol. The highest BCUT2D eigenvalue weighted by atomic mass is 16.8. The zero-order valence-corrected chi connectivity index (χ0v) is 54.3. The van der Waals surface area contributed by atoms with Crippen molar-refractivity contribution in [2.45, 2.75) is 362 Å². The molecule has 0 aromatic carbocycles. The Balaban J connectivity index is 1.60. The summed E-state index contributed by atoms with van der Waals surface area (Å²) >= 11 is 0. The summed E-state index contributed by atoms with van der Waals surface area (Å²) in [6.45, 7) is 2.20. The van der Waals surface area contributed by atoms with Crippen molar-refractivity contribution in [1.82, 2.24) is 10.6 Å². The van der Waals surface area contributed by atoms with Gasteiger partial charge in [-0.25, -0.2) is 4.79 Å². The van der Waals surface area contributed by atoms with Crippen LogP contribution in [-0.4, -0.2) is 215 Å². The molecule has 2 amide bonds. The van der Waals surface area contributed by atoms with Gasteiger partial charge in [-0.15, -0.1) is 0 Å². The zero-order valence-electron chi connectivity index (χ0n) is 54.3. The zero-order chi connectivity index (χ0) is 65.4. The number of rotatable bonds is 52. The Bertz CT molecular complexity index is 1860. The van der Waals surface area contributed by atoms with Crippen molar-refractivity contribution < 1.29 is 104 Å². The summed E-state index contributed by atoms with van der Waals surface area (Å²) in [5.41, 5.74) is 0. The largest absolute Gasteiger partial charge is 0.477 e. The number of carboxylic acid groups (broad SMARTS) is 1. The molecule has 3 heterocycles. The molecule has 0 aliphatic carbocycles. The highest BCUT2D eigenvalue weighted by Gasteiger charge is 2.60. The summed E-state index contributed by atoms with van der Waals surface area (Å²) in [7, 11) is 0. The summed E-state index contributed by atoms with van der Waals surface area (Å²) in [6, 6.07) is -2.53. The minimum Gasteiger partial charge on any atom is -0.477 e. The molecule has 0 spiro atoms. The van der Waals surface area contributed by atoms with Crippen molar-refractivity contribution in [2.24, 2.45) is 0 Å². The number of allylic oxidation sites excluding steroid dienone is 2. The van der Waals surface area contributed by atoms with Crippen molar-refractivity contribution >= 4 is 17.8 Å². The van der Waals surface area contributed by atoms with Gasteiger partial charge in [0.25, 0.3) is 5.79 Å². The molecule has 3 fully saturated rings. The molecule has 0 aromatic heterocycles. The third kappa shape index (κ3) is 30.2. The number of amides is 2. The van der Waals surface area contributed by atoms with Crippen molar-refractivity contribution in [3.8, 4) is 0 Å². The molecule has 0 bridgehead atoms.